The van der Waals surface area contributed by atoms with Crippen LogP contribution in [-0.2, 0) is 6.54 Å². The van der Waals surface area contributed by atoms with E-state index in [2.05, 4.69) is 16.7 Å². The molecule has 144 valence electrons. The summed E-state index contributed by atoms with van der Waals surface area (Å²) in [6.07, 6.45) is 0. The quantitative estimate of drug-likeness (QED) is 0.684. The van der Waals surface area contributed by atoms with Crippen LogP contribution >= 0.6 is 0 Å². The number of hydrogen-bond donors (Lipinski definition) is 2. The third-order valence-electron chi connectivity index (χ3n) is 4.53. The molecule has 0 unspecified atom stereocenters. The molecular weight excluding hydrogens is 359 g/mol. The number of hydrogen-bond acceptors (Lipinski definition) is 3. The Morgan fingerprint density at radius 1 is 1.25 bits per heavy atom. The molecule has 0 radical (unpaired) electrons. The molecule has 28 heavy (non-hydrogen) atoms. The number of halogens is 1. The summed E-state index contributed by atoms with van der Waals surface area (Å²) in [6, 6.07) is 11.8. The summed E-state index contributed by atoms with van der Waals surface area (Å²) in [4.78, 5) is 11.7. The van der Waals surface area contributed by atoms with Crippen molar-refractivity contribution in [3.05, 3.63) is 47.8 Å². The van der Waals surface area contributed by atoms with Crippen molar-refractivity contribution >= 4 is 22.6 Å². The first-order valence-corrected chi connectivity index (χ1v) is 8.99. The van der Waals surface area contributed by atoms with Gasteiger partial charge in [-0.05, 0) is 38.1 Å². The zero-order valence-electron chi connectivity index (χ0n) is 16.0. The highest BCUT2D eigenvalue weighted by molar-refractivity contribution is 5.96. The second-order valence-electron chi connectivity index (χ2n) is 6.14. The number of nitrogens with one attached hydrogen (secondary N) is 2. The van der Waals surface area contributed by atoms with Crippen molar-refractivity contribution in [2.45, 2.75) is 20.4 Å². The van der Waals surface area contributed by atoms with E-state index in [4.69, 9.17) is 4.74 Å². The zero-order chi connectivity index (χ0) is 20.3. The minimum absolute atomic E-state index is 0.0778. The van der Waals surface area contributed by atoms with Crippen LogP contribution in [0, 0.1) is 17.1 Å². The van der Waals surface area contributed by atoms with Crippen LogP contribution in [0.2, 0.25) is 0 Å². The Kier molecular flexibility index (Phi) is 5.50. The first-order chi connectivity index (χ1) is 13.5. The van der Waals surface area contributed by atoms with Crippen LogP contribution in [0.1, 0.15) is 19.4 Å². The Bertz CT molecular complexity index is 1080. The lowest BCUT2D eigenvalue weighted by Crippen LogP contribution is -2.28. The smallest absolute Gasteiger partial charge is 0.319 e. The Morgan fingerprint density at radius 2 is 2.04 bits per heavy atom. The molecule has 2 aromatic carbocycles. The number of carbonyl (C=O) groups is 1. The topological polar surface area (TPSA) is 79.1 Å². The molecule has 0 aliphatic rings. The summed E-state index contributed by atoms with van der Waals surface area (Å²) < 4.78 is 21.9. The Morgan fingerprint density at radius 3 is 2.64 bits per heavy atom. The van der Waals surface area contributed by atoms with E-state index >= 15 is 0 Å². The van der Waals surface area contributed by atoms with E-state index in [-0.39, 0.29) is 5.69 Å². The molecule has 0 saturated heterocycles. The maximum absolute atomic E-state index is 14.6. The number of carbonyl (C=O) groups excluding carboxylic acids is 1. The van der Waals surface area contributed by atoms with Gasteiger partial charge in [0.1, 0.15) is 17.6 Å². The van der Waals surface area contributed by atoms with E-state index in [1.54, 1.807) is 26.2 Å². The Labute approximate surface area is 162 Å². The van der Waals surface area contributed by atoms with Gasteiger partial charge < -0.3 is 19.9 Å². The molecule has 0 aliphatic carbocycles. The first kappa shape index (κ1) is 19.2. The van der Waals surface area contributed by atoms with Crippen LogP contribution < -0.4 is 15.4 Å². The van der Waals surface area contributed by atoms with Crippen LogP contribution in [0.25, 0.3) is 22.2 Å². The van der Waals surface area contributed by atoms with Gasteiger partial charge in [-0.25, -0.2) is 9.18 Å². The standard InChI is InChI=1S/C21H21FN4O2/c1-4-24-21(27)25-18-9-6-13(10-17(18)22)20-16(12-23)15-8-7-14(28-3)11-19(15)26(20)5-2/h6-11H,4-5H2,1-3H3,(H2,24,25,27). The SMILES string of the molecule is CCNC(=O)Nc1ccc(-c2c(C#N)c3ccc(OC)cc3n2CC)cc1F. The summed E-state index contributed by atoms with van der Waals surface area (Å²) in [5.41, 5.74) is 2.60. The molecule has 0 atom stereocenters. The van der Waals surface area contributed by atoms with Gasteiger partial charge in [0, 0.05) is 30.1 Å². The largest absolute Gasteiger partial charge is 0.497 e. The molecule has 1 heterocycles. The van der Waals surface area contributed by atoms with E-state index in [0.29, 0.717) is 35.7 Å². The predicted octanol–water partition coefficient (Wildman–Crippen LogP) is 4.49. The number of amides is 2. The molecule has 1 aromatic heterocycles. The van der Waals surface area contributed by atoms with E-state index < -0.39 is 11.8 Å². The molecule has 2 amide bonds. The van der Waals surface area contributed by atoms with Crippen molar-refractivity contribution in [3.63, 3.8) is 0 Å². The number of nitriles is 1. The van der Waals surface area contributed by atoms with Gasteiger partial charge in [0.05, 0.1) is 29.6 Å². The van der Waals surface area contributed by atoms with Gasteiger partial charge in [-0.3, -0.25) is 0 Å². The Hall–Kier alpha value is -3.53. The van der Waals surface area contributed by atoms with Crippen molar-refractivity contribution in [2.75, 3.05) is 19.0 Å². The molecule has 0 fully saturated rings. The molecule has 0 spiro atoms. The fourth-order valence-corrected chi connectivity index (χ4v) is 3.29. The van der Waals surface area contributed by atoms with Crippen LogP contribution in [0.4, 0.5) is 14.9 Å². The predicted molar refractivity (Wildman–Crippen MR) is 107 cm³/mol. The molecular formula is C21H21FN4O2. The van der Waals surface area contributed by atoms with Gasteiger partial charge in [0.25, 0.3) is 0 Å². The number of aryl methyl sites for hydroxylation is 1. The lowest BCUT2D eigenvalue weighted by Gasteiger charge is -2.11. The number of ether oxygens (including phenoxy) is 1. The summed E-state index contributed by atoms with van der Waals surface area (Å²) in [5.74, 6) is 0.113. The molecule has 3 aromatic rings. The van der Waals surface area contributed by atoms with Crippen molar-refractivity contribution in [2.24, 2.45) is 0 Å². The van der Waals surface area contributed by atoms with Gasteiger partial charge in [0.15, 0.2) is 0 Å². The van der Waals surface area contributed by atoms with Crippen LogP contribution in [0.5, 0.6) is 5.75 Å². The molecule has 2 N–H and O–H groups in total. The molecule has 0 bridgehead atoms. The van der Waals surface area contributed by atoms with Gasteiger partial charge in [-0.1, -0.05) is 6.07 Å². The van der Waals surface area contributed by atoms with E-state index in [1.165, 1.54) is 12.1 Å². The summed E-state index contributed by atoms with van der Waals surface area (Å²) >= 11 is 0. The number of fused-ring (bicyclic) bond motifs is 1. The third kappa shape index (κ3) is 3.37. The fraction of sp³-hybridized carbons (Fsp3) is 0.238. The lowest BCUT2D eigenvalue weighted by atomic mass is 10.1. The number of nitrogens with zero attached hydrogens (tertiary/aromatic N) is 2. The highest BCUT2D eigenvalue weighted by atomic mass is 19.1. The summed E-state index contributed by atoms with van der Waals surface area (Å²) in [6.45, 7) is 4.78. The number of anilines is 1. The van der Waals surface area contributed by atoms with Crippen molar-refractivity contribution in [1.29, 1.82) is 5.26 Å². The molecule has 0 saturated carbocycles. The first-order valence-electron chi connectivity index (χ1n) is 8.99. The zero-order valence-corrected chi connectivity index (χ0v) is 16.0. The number of aromatic nitrogens is 1. The van der Waals surface area contributed by atoms with Gasteiger partial charge >= 0.3 is 6.03 Å². The van der Waals surface area contributed by atoms with E-state index in [1.807, 2.05) is 23.6 Å². The number of benzene rings is 2. The monoisotopic (exact) mass is 380 g/mol. The second-order valence-corrected chi connectivity index (χ2v) is 6.14. The highest BCUT2D eigenvalue weighted by Gasteiger charge is 2.19. The van der Waals surface area contributed by atoms with Crippen molar-refractivity contribution in [3.8, 4) is 23.1 Å². The molecule has 6 nitrogen and oxygen atoms in total. The van der Waals surface area contributed by atoms with Crippen molar-refractivity contribution < 1.29 is 13.9 Å². The van der Waals surface area contributed by atoms with Crippen LogP contribution in [-0.4, -0.2) is 24.3 Å². The summed E-state index contributed by atoms with van der Waals surface area (Å²) in [5, 5.41) is 15.6. The van der Waals surface area contributed by atoms with Crippen LogP contribution in [0.3, 0.4) is 0 Å². The number of methoxy groups -OCH3 is 1. The maximum atomic E-state index is 14.6. The third-order valence-corrected chi connectivity index (χ3v) is 4.53. The highest BCUT2D eigenvalue weighted by Crippen LogP contribution is 2.36. The molecule has 3 rings (SSSR count). The van der Waals surface area contributed by atoms with Crippen molar-refractivity contribution in [1.82, 2.24) is 9.88 Å². The minimum atomic E-state index is -0.571. The van der Waals surface area contributed by atoms with Crippen LogP contribution in [0.15, 0.2) is 36.4 Å². The number of rotatable bonds is 5. The average Bonchev–Trinajstić information content (AvgIpc) is 3.02. The normalized spacial score (nSPS) is 10.5. The van der Waals surface area contributed by atoms with Gasteiger partial charge in [-0.15, -0.1) is 0 Å². The fourth-order valence-electron chi connectivity index (χ4n) is 3.29. The minimum Gasteiger partial charge on any atom is -0.497 e. The van der Waals surface area contributed by atoms with E-state index in [9.17, 15) is 14.4 Å². The maximum Gasteiger partial charge on any atom is 0.319 e. The molecule has 0 aliphatic heterocycles. The number of urea groups is 1. The van der Waals surface area contributed by atoms with Gasteiger partial charge in [-0.2, -0.15) is 5.26 Å². The molecule has 7 heteroatoms. The lowest BCUT2D eigenvalue weighted by molar-refractivity contribution is 0.252. The van der Waals surface area contributed by atoms with Gasteiger partial charge in [0.2, 0.25) is 0 Å². The summed E-state index contributed by atoms with van der Waals surface area (Å²) in [7, 11) is 1.59. The average molecular weight is 380 g/mol. The Balaban J connectivity index is 2.14. The van der Waals surface area contributed by atoms with E-state index in [0.717, 1.165) is 10.9 Å². The second kappa shape index (κ2) is 8.01.